The topological polar surface area (TPSA) is 72.8 Å². The fourth-order valence-corrected chi connectivity index (χ4v) is 5.52. The molecule has 6 rings (SSSR count). The first-order valence-electron chi connectivity index (χ1n) is 13.4. The number of hydrogen-bond donors (Lipinski definition) is 1. The van der Waals surface area contributed by atoms with Crippen molar-refractivity contribution in [3.63, 3.8) is 0 Å². The Morgan fingerprint density at radius 2 is 1.62 bits per heavy atom. The zero-order valence-corrected chi connectivity index (χ0v) is 24.9. The van der Waals surface area contributed by atoms with Gasteiger partial charge in [-0.1, -0.05) is 91.0 Å². The third-order valence-electron chi connectivity index (χ3n) is 6.92. The summed E-state index contributed by atoms with van der Waals surface area (Å²) in [4.78, 5) is 18.2. The van der Waals surface area contributed by atoms with Crippen LogP contribution in [0.1, 0.15) is 21.5 Å². The van der Waals surface area contributed by atoms with E-state index < -0.39 is 0 Å². The van der Waals surface area contributed by atoms with Crippen molar-refractivity contribution in [2.24, 2.45) is 5.10 Å². The van der Waals surface area contributed by atoms with Crippen LogP contribution < -0.4 is 14.9 Å². The average molecular weight is 664 g/mol. The number of hydrazone groups is 1. The second kappa shape index (κ2) is 12.4. The van der Waals surface area contributed by atoms with Crippen LogP contribution in [0.3, 0.4) is 0 Å². The number of para-hydroxylation sites is 1. The zero-order chi connectivity index (χ0) is 28.9. The molecule has 1 amide bonds. The molecule has 0 spiro atoms. The van der Waals surface area contributed by atoms with E-state index in [1.165, 1.54) is 0 Å². The van der Waals surface area contributed by atoms with Crippen molar-refractivity contribution < 1.29 is 14.3 Å². The lowest BCUT2D eigenvalue weighted by molar-refractivity contribution is 0.0956. The van der Waals surface area contributed by atoms with Crippen molar-refractivity contribution in [1.82, 2.24) is 10.4 Å². The summed E-state index contributed by atoms with van der Waals surface area (Å²) in [5.41, 5.74) is 7.32. The molecule has 6 aromatic rings. The zero-order valence-electron chi connectivity index (χ0n) is 22.8. The van der Waals surface area contributed by atoms with E-state index in [0.29, 0.717) is 29.2 Å². The number of methoxy groups -OCH3 is 1. The van der Waals surface area contributed by atoms with Gasteiger partial charge >= 0.3 is 0 Å². The van der Waals surface area contributed by atoms with Crippen LogP contribution in [0.25, 0.3) is 32.9 Å². The molecule has 6 nitrogen and oxygen atoms in total. The van der Waals surface area contributed by atoms with Gasteiger partial charge < -0.3 is 9.47 Å². The van der Waals surface area contributed by atoms with E-state index in [1.54, 1.807) is 19.4 Å². The molecule has 1 heterocycles. The molecule has 7 heteroatoms. The van der Waals surface area contributed by atoms with Crippen molar-refractivity contribution in [1.29, 1.82) is 0 Å². The lowest BCUT2D eigenvalue weighted by Crippen LogP contribution is -2.18. The smallest absolute Gasteiger partial charge is 0.272 e. The van der Waals surface area contributed by atoms with Crippen molar-refractivity contribution in [2.45, 2.75) is 6.61 Å². The number of benzene rings is 5. The Morgan fingerprint density at radius 1 is 0.881 bits per heavy atom. The van der Waals surface area contributed by atoms with Crippen LogP contribution >= 0.6 is 22.6 Å². The molecular formula is C35H26IN3O3. The highest BCUT2D eigenvalue weighted by Gasteiger charge is 2.15. The number of carbonyl (C=O) groups excluding carboxylic acids is 1. The molecule has 1 aromatic heterocycles. The quantitative estimate of drug-likeness (QED) is 0.102. The van der Waals surface area contributed by atoms with Gasteiger partial charge in [0.2, 0.25) is 0 Å². The average Bonchev–Trinajstić information content (AvgIpc) is 3.03. The summed E-state index contributed by atoms with van der Waals surface area (Å²) in [5.74, 6) is 0.796. The Balaban J connectivity index is 1.28. The second-order valence-corrected chi connectivity index (χ2v) is 10.8. The van der Waals surface area contributed by atoms with E-state index in [0.717, 1.165) is 42.1 Å². The predicted molar refractivity (Wildman–Crippen MR) is 176 cm³/mol. The van der Waals surface area contributed by atoms with Gasteiger partial charge in [0.15, 0.2) is 11.5 Å². The maximum Gasteiger partial charge on any atom is 0.272 e. The van der Waals surface area contributed by atoms with E-state index >= 15 is 0 Å². The summed E-state index contributed by atoms with van der Waals surface area (Å²) >= 11 is 2.22. The molecule has 0 saturated carbocycles. The Bertz CT molecular complexity index is 1930. The summed E-state index contributed by atoms with van der Waals surface area (Å²) in [7, 11) is 1.61. The molecule has 0 aliphatic heterocycles. The van der Waals surface area contributed by atoms with Crippen LogP contribution in [0, 0.1) is 3.57 Å². The van der Waals surface area contributed by atoms with Crippen LogP contribution in [-0.4, -0.2) is 24.2 Å². The molecule has 1 N–H and O–H groups in total. The minimum absolute atomic E-state index is 0.335. The van der Waals surface area contributed by atoms with E-state index in [2.05, 4.69) is 57.4 Å². The molecule has 5 aromatic carbocycles. The second-order valence-electron chi connectivity index (χ2n) is 9.59. The Kier molecular flexibility index (Phi) is 8.09. The number of halogens is 1. The first kappa shape index (κ1) is 27.4. The Labute approximate surface area is 257 Å². The van der Waals surface area contributed by atoms with E-state index in [-0.39, 0.29) is 5.91 Å². The summed E-state index contributed by atoms with van der Waals surface area (Å²) in [5, 5.41) is 7.36. The Morgan fingerprint density at radius 3 is 2.45 bits per heavy atom. The molecule has 0 bridgehead atoms. The van der Waals surface area contributed by atoms with Crippen molar-refractivity contribution in [3.8, 4) is 22.8 Å². The minimum atomic E-state index is -0.335. The van der Waals surface area contributed by atoms with Crippen LogP contribution in [-0.2, 0) is 6.61 Å². The molecule has 0 fully saturated rings. The molecular weight excluding hydrogens is 637 g/mol. The molecule has 0 aliphatic carbocycles. The highest BCUT2D eigenvalue weighted by molar-refractivity contribution is 14.1. The summed E-state index contributed by atoms with van der Waals surface area (Å²) in [6.45, 7) is 0.344. The summed E-state index contributed by atoms with van der Waals surface area (Å²) < 4.78 is 12.9. The van der Waals surface area contributed by atoms with Gasteiger partial charge in [-0.3, -0.25) is 4.79 Å². The molecule has 0 saturated heterocycles. The fourth-order valence-electron chi connectivity index (χ4n) is 4.90. The van der Waals surface area contributed by atoms with Gasteiger partial charge in [-0.05, 0) is 63.2 Å². The Hall–Kier alpha value is -4.76. The number of aromatic nitrogens is 1. The van der Waals surface area contributed by atoms with Gasteiger partial charge in [0.05, 0.1) is 30.1 Å². The van der Waals surface area contributed by atoms with Gasteiger partial charge in [0.25, 0.3) is 5.91 Å². The lowest BCUT2D eigenvalue weighted by atomic mass is 10.0. The molecule has 0 atom stereocenters. The normalized spacial score (nSPS) is 11.2. The first-order chi connectivity index (χ1) is 20.6. The number of fused-ring (bicyclic) bond motifs is 2. The molecule has 42 heavy (non-hydrogen) atoms. The maximum absolute atomic E-state index is 13.4. The standard InChI is InChI=1S/C35H26IN3O3/c1-41-33-19-27(36)18-26(34(33)42-22-25-14-9-13-23-10-5-6-15-28(23)25)21-37-39-35(40)30-20-32(24-11-3-2-4-12-24)38-31-17-8-7-16-29(30)31/h2-21H,22H2,1H3,(H,39,40)/b37-21-. The highest BCUT2D eigenvalue weighted by Crippen LogP contribution is 2.34. The number of nitrogens with zero attached hydrogens (tertiary/aromatic N) is 2. The van der Waals surface area contributed by atoms with Gasteiger partial charge in [-0.25, -0.2) is 10.4 Å². The summed E-state index contributed by atoms with van der Waals surface area (Å²) in [6.07, 6.45) is 1.59. The monoisotopic (exact) mass is 663 g/mol. The van der Waals surface area contributed by atoms with Gasteiger partial charge in [-0.15, -0.1) is 0 Å². The van der Waals surface area contributed by atoms with Gasteiger partial charge in [0, 0.05) is 20.1 Å². The van der Waals surface area contributed by atoms with Crippen LogP contribution in [0.2, 0.25) is 0 Å². The number of pyridine rings is 1. The minimum Gasteiger partial charge on any atom is -0.493 e. The number of rotatable bonds is 8. The third kappa shape index (κ3) is 5.82. The van der Waals surface area contributed by atoms with Crippen LogP contribution in [0.4, 0.5) is 0 Å². The van der Waals surface area contributed by atoms with Crippen molar-refractivity contribution in [3.05, 3.63) is 136 Å². The molecule has 0 unspecified atom stereocenters. The SMILES string of the molecule is COc1cc(I)cc(/C=N\NC(=O)c2cc(-c3ccccc3)nc3ccccc23)c1OCc1cccc2ccccc12. The number of hydrogen-bond acceptors (Lipinski definition) is 5. The van der Waals surface area contributed by atoms with Crippen LogP contribution in [0.5, 0.6) is 11.5 Å². The molecule has 206 valence electrons. The number of ether oxygens (including phenoxy) is 2. The number of amides is 1. The van der Waals surface area contributed by atoms with Crippen molar-refractivity contribution in [2.75, 3.05) is 7.11 Å². The van der Waals surface area contributed by atoms with E-state index in [1.807, 2.05) is 84.9 Å². The van der Waals surface area contributed by atoms with E-state index in [4.69, 9.17) is 14.5 Å². The van der Waals surface area contributed by atoms with Gasteiger partial charge in [-0.2, -0.15) is 5.10 Å². The lowest BCUT2D eigenvalue weighted by Gasteiger charge is -2.15. The first-order valence-corrected chi connectivity index (χ1v) is 14.4. The predicted octanol–water partition coefficient (Wildman–Crippen LogP) is 8.01. The van der Waals surface area contributed by atoms with Crippen LogP contribution in [0.15, 0.2) is 120 Å². The fraction of sp³-hybridized carbons (Fsp3) is 0.0571. The van der Waals surface area contributed by atoms with E-state index in [9.17, 15) is 4.79 Å². The number of nitrogens with one attached hydrogen (secondary N) is 1. The number of carbonyl (C=O) groups is 1. The maximum atomic E-state index is 13.4. The molecule has 0 aliphatic rings. The van der Waals surface area contributed by atoms with Crippen molar-refractivity contribution >= 4 is 56.4 Å². The third-order valence-corrected chi connectivity index (χ3v) is 7.54. The highest BCUT2D eigenvalue weighted by atomic mass is 127. The van der Waals surface area contributed by atoms with Gasteiger partial charge in [0.1, 0.15) is 6.61 Å². The molecule has 0 radical (unpaired) electrons. The largest absolute Gasteiger partial charge is 0.493 e. The summed E-state index contributed by atoms with van der Waals surface area (Å²) in [6, 6.07) is 37.4.